The molecule has 0 saturated heterocycles. The molecule has 0 aliphatic heterocycles. The van der Waals surface area contributed by atoms with E-state index in [4.69, 9.17) is 9.47 Å². The first-order valence-corrected chi connectivity index (χ1v) is 7.37. The minimum absolute atomic E-state index is 0.237. The first kappa shape index (κ1) is 16.3. The quantitative estimate of drug-likeness (QED) is 0.873. The molecule has 19 heavy (non-hydrogen) atoms. The third-order valence-electron chi connectivity index (χ3n) is 2.78. The molecule has 3 nitrogen and oxygen atoms in total. The molecule has 1 atom stereocenters. The first-order valence-electron chi connectivity index (χ1n) is 6.58. The Kier molecular flexibility index (Phi) is 5.68. The van der Waals surface area contributed by atoms with E-state index in [1.165, 1.54) is 0 Å². The van der Waals surface area contributed by atoms with Crippen LogP contribution in [0.3, 0.4) is 0 Å². The summed E-state index contributed by atoms with van der Waals surface area (Å²) >= 11 is 3.50. The van der Waals surface area contributed by atoms with Gasteiger partial charge in [0.25, 0.3) is 0 Å². The minimum Gasteiger partial charge on any atom is -0.490 e. The van der Waals surface area contributed by atoms with E-state index >= 15 is 0 Å². The molecular weight excluding hydrogens is 308 g/mol. The third-order valence-corrected chi connectivity index (χ3v) is 3.46. The lowest BCUT2D eigenvalue weighted by atomic mass is 9.85. The van der Waals surface area contributed by atoms with Crippen LogP contribution in [0.4, 0.5) is 0 Å². The average molecular weight is 331 g/mol. The number of rotatable bonds is 5. The Morgan fingerprint density at radius 3 is 2.00 bits per heavy atom. The van der Waals surface area contributed by atoms with E-state index in [9.17, 15) is 5.11 Å². The van der Waals surface area contributed by atoms with Crippen LogP contribution < -0.4 is 9.47 Å². The van der Waals surface area contributed by atoms with Crippen molar-refractivity contribution in [1.82, 2.24) is 0 Å². The van der Waals surface area contributed by atoms with Gasteiger partial charge in [-0.15, -0.1) is 0 Å². The zero-order valence-electron chi connectivity index (χ0n) is 12.3. The van der Waals surface area contributed by atoms with Gasteiger partial charge >= 0.3 is 0 Å². The Balaban J connectivity index is 3.23. The molecule has 1 rings (SSSR count). The van der Waals surface area contributed by atoms with Crippen LogP contribution in [0.2, 0.25) is 0 Å². The van der Waals surface area contributed by atoms with Crippen molar-refractivity contribution in [1.29, 1.82) is 0 Å². The van der Waals surface area contributed by atoms with Crippen molar-refractivity contribution in [2.24, 2.45) is 5.41 Å². The number of hydrogen-bond donors (Lipinski definition) is 1. The lowest BCUT2D eigenvalue weighted by Gasteiger charge is -2.27. The van der Waals surface area contributed by atoms with Gasteiger partial charge in [0.1, 0.15) is 0 Å². The van der Waals surface area contributed by atoms with E-state index in [-0.39, 0.29) is 5.41 Å². The molecule has 4 heteroatoms. The highest BCUT2D eigenvalue weighted by atomic mass is 79.9. The summed E-state index contributed by atoms with van der Waals surface area (Å²) in [6, 6.07) is 3.72. The molecule has 0 bridgehead atoms. The molecular formula is C15H23BrO3. The predicted octanol–water partition coefficient (Wildman–Crippen LogP) is 4.33. The van der Waals surface area contributed by atoms with E-state index in [1.54, 1.807) is 0 Å². The van der Waals surface area contributed by atoms with Crippen LogP contribution in [0.25, 0.3) is 0 Å². The van der Waals surface area contributed by atoms with Crippen molar-refractivity contribution < 1.29 is 14.6 Å². The van der Waals surface area contributed by atoms with Crippen LogP contribution in [-0.4, -0.2) is 18.3 Å². The highest BCUT2D eigenvalue weighted by Crippen LogP contribution is 2.41. The number of hydrogen-bond acceptors (Lipinski definition) is 3. The number of aliphatic hydroxyl groups excluding tert-OH is 1. The van der Waals surface area contributed by atoms with Crippen molar-refractivity contribution >= 4 is 15.9 Å². The summed E-state index contributed by atoms with van der Waals surface area (Å²) in [5.74, 6) is 1.37. The summed E-state index contributed by atoms with van der Waals surface area (Å²) in [6.07, 6.45) is -0.572. The molecule has 1 N–H and O–H groups in total. The van der Waals surface area contributed by atoms with E-state index in [0.29, 0.717) is 24.7 Å². The summed E-state index contributed by atoms with van der Waals surface area (Å²) in [7, 11) is 0. The average Bonchev–Trinajstić information content (AvgIpc) is 2.31. The highest BCUT2D eigenvalue weighted by molar-refractivity contribution is 9.10. The zero-order chi connectivity index (χ0) is 14.6. The maximum atomic E-state index is 10.4. The van der Waals surface area contributed by atoms with Crippen LogP contribution in [0.1, 0.15) is 46.3 Å². The number of halogens is 1. The van der Waals surface area contributed by atoms with E-state index in [2.05, 4.69) is 15.9 Å². The van der Waals surface area contributed by atoms with Crippen molar-refractivity contribution in [3.8, 4) is 11.5 Å². The lowest BCUT2D eigenvalue weighted by molar-refractivity contribution is 0.0617. The van der Waals surface area contributed by atoms with Crippen molar-refractivity contribution in [3.63, 3.8) is 0 Å². The summed E-state index contributed by atoms with van der Waals surface area (Å²) in [5.41, 5.74) is 0.582. The Morgan fingerprint density at radius 1 is 1.11 bits per heavy atom. The van der Waals surface area contributed by atoms with E-state index < -0.39 is 6.10 Å². The molecule has 0 heterocycles. The fraction of sp³-hybridized carbons (Fsp3) is 0.600. The fourth-order valence-electron chi connectivity index (χ4n) is 1.76. The van der Waals surface area contributed by atoms with Gasteiger partial charge in [-0.05, 0) is 37.0 Å². The summed E-state index contributed by atoms with van der Waals surface area (Å²) < 4.78 is 12.0. The minimum atomic E-state index is -0.572. The van der Waals surface area contributed by atoms with Gasteiger partial charge in [-0.3, -0.25) is 0 Å². The molecule has 1 unspecified atom stereocenters. The number of aliphatic hydroxyl groups is 1. The highest BCUT2D eigenvalue weighted by Gasteiger charge is 2.27. The molecule has 0 radical (unpaired) electrons. The SMILES string of the molecule is CCOc1cc(Br)c(C(O)C(C)(C)C)cc1OCC. The topological polar surface area (TPSA) is 38.7 Å². The van der Waals surface area contributed by atoms with E-state index in [0.717, 1.165) is 10.0 Å². The predicted molar refractivity (Wildman–Crippen MR) is 80.9 cm³/mol. The van der Waals surface area contributed by atoms with Gasteiger partial charge in [0.15, 0.2) is 11.5 Å². The Bertz CT molecular complexity index is 424. The summed E-state index contributed by atoms with van der Waals surface area (Å²) in [4.78, 5) is 0. The van der Waals surface area contributed by atoms with Gasteiger partial charge < -0.3 is 14.6 Å². The van der Waals surface area contributed by atoms with Crippen LogP contribution in [0, 0.1) is 5.41 Å². The lowest BCUT2D eigenvalue weighted by Crippen LogP contribution is -2.18. The summed E-state index contributed by atoms with van der Waals surface area (Å²) in [5, 5.41) is 10.4. The zero-order valence-corrected chi connectivity index (χ0v) is 13.9. The van der Waals surface area contributed by atoms with Gasteiger partial charge in [-0.25, -0.2) is 0 Å². The van der Waals surface area contributed by atoms with Crippen molar-refractivity contribution in [2.45, 2.75) is 40.7 Å². The largest absolute Gasteiger partial charge is 0.490 e. The van der Waals surface area contributed by atoms with Gasteiger partial charge in [-0.1, -0.05) is 36.7 Å². The van der Waals surface area contributed by atoms with Crippen LogP contribution in [-0.2, 0) is 0 Å². The van der Waals surface area contributed by atoms with E-state index in [1.807, 2.05) is 46.8 Å². The summed E-state index contributed by atoms with van der Waals surface area (Å²) in [6.45, 7) is 11.0. The Hall–Kier alpha value is -0.740. The third kappa shape index (κ3) is 4.11. The standard InChI is InChI=1S/C15H23BrO3/c1-6-18-12-8-10(14(17)15(3,4)5)11(16)9-13(12)19-7-2/h8-9,14,17H,6-7H2,1-5H3. The Morgan fingerprint density at radius 2 is 1.58 bits per heavy atom. The van der Waals surface area contributed by atoms with Crippen molar-refractivity contribution in [3.05, 3.63) is 22.2 Å². The molecule has 1 aromatic rings. The molecule has 0 amide bonds. The molecule has 0 fully saturated rings. The van der Waals surface area contributed by atoms with Crippen LogP contribution >= 0.6 is 15.9 Å². The first-order chi connectivity index (χ1) is 8.81. The second kappa shape index (κ2) is 6.62. The fourth-order valence-corrected chi connectivity index (χ4v) is 2.30. The van der Waals surface area contributed by atoms with Crippen LogP contribution in [0.15, 0.2) is 16.6 Å². The second-order valence-electron chi connectivity index (χ2n) is 5.46. The molecule has 0 aromatic heterocycles. The van der Waals surface area contributed by atoms with Gasteiger partial charge in [0, 0.05) is 4.47 Å². The molecule has 0 saturated carbocycles. The monoisotopic (exact) mass is 330 g/mol. The number of benzene rings is 1. The molecule has 1 aromatic carbocycles. The molecule has 0 aliphatic carbocycles. The van der Waals surface area contributed by atoms with Gasteiger partial charge in [-0.2, -0.15) is 0 Å². The van der Waals surface area contributed by atoms with Gasteiger partial charge in [0.05, 0.1) is 19.3 Å². The maximum absolute atomic E-state index is 10.4. The van der Waals surface area contributed by atoms with Gasteiger partial charge in [0.2, 0.25) is 0 Å². The van der Waals surface area contributed by atoms with Crippen molar-refractivity contribution in [2.75, 3.05) is 13.2 Å². The smallest absolute Gasteiger partial charge is 0.162 e. The maximum Gasteiger partial charge on any atom is 0.162 e. The second-order valence-corrected chi connectivity index (χ2v) is 6.31. The number of ether oxygens (including phenoxy) is 2. The molecule has 0 aliphatic rings. The molecule has 0 spiro atoms. The normalized spacial score (nSPS) is 13.2. The molecule has 108 valence electrons. The van der Waals surface area contributed by atoms with Crippen LogP contribution in [0.5, 0.6) is 11.5 Å². The Labute approximate surface area is 124 Å².